The molecule has 0 aliphatic carbocycles. The van der Waals surface area contributed by atoms with Crippen LogP contribution in [-0.2, 0) is 36.3 Å². The monoisotopic (exact) mass is 371 g/mol. The molecule has 0 aliphatic heterocycles. The Morgan fingerprint density at radius 3 is 2.37 bits per heavy atom. The first kappa shape index (κ1) is 20.6. The van der Waals surface area contributed by atoms with Crippen molar-refractivity contribution in [2.45, 2.75) is 33.5 Å². The Labute approximate surface area is 161 Å². The van der Waals surface area contributed by atoms with Gasteiger partial charge in [0.15, 0.2) is 0 Å². The Bertz CT molecular complexity index is 767. The zero-order valence-electron chi connectivity index (χ0n) is 16.6. The normalized spacial score (nSPS) is 10.9. The van der Waals surface area contributed by atoms with Crippen molar-refractivity contribution in [1.82, 2.24) is 24.9 Å². The van der Waals surface area contributed by atoms with Gasteiger partial charge in [-0.3, -0.25) is 19.2 Å². The molecule has 1 heterocycles. The van der Waals surface area contributed by atoms with E-state index in [1.54, 1.807) is 17.9 Å². The van der Waals surface area contributed by atoms with Gasteiger partial charge >= 0.3 is 11.8 Å². The van der Waals surface area contributed by atoms with Gasteiger partial charge in [-0.2, -0.15) is 5.10 Å². The summed E-state index contributed by atoms with van der Waals surface area (Å²) in [6.45, 7) is 7.70. The molecule has 2 aromatic rings. The molecule has 0 spiro atoms. The number of carbonyl (C=O) groups is 2. The minimum Gasteiger partial charge on any atom is -0.344 e. The van der Waals surface area contributed by atoms with E-state index in [9.17, 15) is 9.59 Å². The van der Waals surface area contributed by atoms with Crippen LogP contribution in [0.3, 0.4) is 0 Å². The van der Waals surface area contributed by atoms with E-state index >= 15 is 0 Å². The lowest BCUT2D eigenvalue weighted by Crippen LogP contribution is -2.40. The Hall–Kier alpha value is -2.67. The van der Waals surface area contributed by atoms with E-state index in [2.05, 4.69) is 35.2 Å². The maximum absolute atomic E-state index is 12.3. The number of hydrogen-bond donors (Lipinski definition) is 1. The molecule has 2 rings (SSSR count). The van der Waals surface area contributed by atoms with Gasteiger partial charge in [-0.25, -0.2) is 0 Å². The topological polar surface area (TPSA) is 70.5 Å². The fraction of sp³-hybridized carbons (Fsp3) is 0.450. The molecule has 7 heteroatoms. The van der Waals surface area contributed by atoms with E-state index in [1.165, 1.54) is 4.90 Å². The standard InChI is InChI=1S/C20H29N5O2/c1-5-25(6-2)15-18-10-8-7-9-17(18)12-21-19(26)20(27)23(3)13-16-11-22-24(4)14-16/h7-11,14H,5-6,12-13,15H2,1-4H3,(H,21,26). The highest BCUT2D eigenvalue weighted by atomic mass is 16.2. The minimum absolute atomic E-state index is 0.336. The number of aromatic nitrogens is 2. The number of aryl methyl sites for hydroxylation is 1. The Morgan fingerprint density at radius 2 is 1.78 bits per heavy atom. The molecule has 146 valence electrons. The van der Waals surface area contributed by atoms with Crippen molar-refractivity contribution >= 4 is 11.8 Å². The van der Waals surface area contributed by atoms with E-state index in [-0.39, 0.29) is 0 Å². The van der Waals surface area contributed by atoms with Crippen LogP contribution in [0.5, 0.6) is 0 Å². The van der Waals surface area contributed by atoms with Gasteiger partial charge in [-0.05, 0) is 24.2 Å². The molecule has 7 nitrogen and oxygen atoms in total. The number of carbonyl (C=O) groups excluding carboxylic acids is 2. The second kappa shape index (κ2) is 9.87. The average Bonchev–Trinajstić information content (AvgIpc) is 3.08. The number of nitrogens with zero attached hydrogens (tertiary/aromatic N) is 4. The fourth-order valence-corrected chi connectivity index (χ4v) is 2.90. The van der Waals surface area contributed by atoms with Crippen molar-refractivity contribution in [2.24, 2.45) is 7.05 Å². The molecule has 0 atom stereocenters. The van der Waals surface area contributed by atoms with Crippen LogP contribution in [0.15, 0.2) is 36.7 Å². The third kappa shape index (κ3) is 5.92. The lowest BCUT2D eigenvalue weighted by molar-refractivity contribution is -0.145. The van der Waals surface area contributed by atoms with Crippen LogP contribution in [0.25, 0.3) is 0 Å². The van der Waals surface area contributed by atoms with Gasteiger partial charge in [0.25, 0.3) is 0 Å². The van der Waals surface area contributed by atoms with Crippen molar-refractivity contribution in [1.29, 1.82) is 0 Å². The molecule has 2 amide bonds. The molecule has 1 aromatic carbocycles. The van der Waals surface area contributed by atoms with E-state index in [0.29, 0.717) is 13.1 Å². The third-order valence-corrected chi connectivity index (χ3v) is 4.57. The van der Waals surface area contributed by atoms with Crippen LogP contribution < -0.4 is 5.32 Å². The Kier molecular flexibility index (Phi) is 7.55. The minimum atomic E-state index is -0.598. The largest absolute Gasteiger partial charge is 0.344 e. The first-order valence-electron chi connectivity index (χ1n) is 9.24. The molecule has 0 fully saturated rings. The van der Waals surface area contributed by atoms with E-state index in [4.69, 9.17) is 0 Å². The van der Waals surface area contributed by atoms with Crippen molar-refractivity contribution in [3.05, 3.63) is 53.3 Å². The van der Waals surface area contributed by atoms with Gasteiger partial charge < -0.3 is 10.2 Å². The second-order valence-corrected chi connectivity index (χ2v) is 6.60. The van der Waals surface area contributed by atoms with Gasteiger partial charge in [0.2, 0.25) is 0 Å². The van der Waals surface area contributed by atoms with Gasteiger partial charge in [0.05, 0.1) is 6.20 Å². The van der Waals surface area contributed by atoms with Crippen molar-refractivity contribution < 1.29 is 9.59 Å². The van der Waals surface area contributed by atoms with Crippen LogP contribution in [0.2, 0.25) is 0 Å². The number of benzene rings is 1. The fourth-order valence-electron chi connectivity index (χ4n) is 2.90. The second-order valence-electron chi connectivity index (χ2n) is 6.60. The highest BCUT2D eigenvalue weighted by Crippen LogP contribution is 2.12. The molecule has 27 heavy (non-hydrogen) atoms. The van der Waals surface area contributed by atoms with E-state index in [0.717, 1.165) is 36.3 Å². The first-order chi connectivity index (χ1) is 12.9. The SMILES string of the molecule is CCN(CC)Cc1ccccc1CNC(=O)C(=O)N(C)Cc1cnn(C)c1. The average molecular weight is 371 g/mol. The predicted octanol–water partition coefficient (Wildman–Crippen LogP) is 1.54. The molecule has 0 bridgehead atoms. The van der Waals surface area contributed by atoms with Gasteiger partial charge in [-0.1, -0.05) is 38.1 Å². The first-order valence-corrected chi connectivity index (χ1v) is 9.24. The molecule has 0 aliphatic rings. The molecule has 1 aromatic heterocycles. The zero-order chi connectivity index (χ0) is 19.8. The number of hydrogen-bond acceptors (Lipinski definition) is 4. The number of amides is 2. The van der Waals surface area contributed by atoms with Gasteiger partial charge in [-0.15, -0.1) is 0 Å². The maximum Gasteiger partial charge on any atom is 0.311 e. The predicted molar refractivity (Wildman–Crippen MR) is 105 cm³/mol. The molecular formula is C20H29N5O2. The highest BCUT2D eigenvalue weighted by molar-refractivity contribution is 6.34. The van der Waals surface area contributed by atoms with Gasteiger partial charge in [0, 0.05) is 45.5 Å². The summed E-state index contributed by atoms with van der Waals surface area (Å²) in [7, 11) is 3.43. The van der Waals surface area contributed by atoms with Crippen molar-refractivity contribution in [3.63, 3.8) is 0 Å². The van der Waals surface area contributed by atoms with Crippen LogP contribution in [0, 0.1) is 0 Å². The number of nitrogens with one attached hydrogen (secondary N) is 1. The quantitative estimate of drug-likeness (QED) is 0.715. The summed E-state index contributed by atoms with van der Waals surface area (Å²) >= 11 is 0. The van der Waals surface area contributed by atoms with E-state index in [1.807, 2.05) is 31.4 Å². The summed E-state index contributed by atoms with van der Waals surface area (Å²) < 4.78 is 1.67. The molecular weight excluding hydrogens is 342 g/mol. The van der Waals surface area contributed by atoms with E-state index < -0.39 is 11.8 Å². The summed E-state index contributed by atoms with van der Waals surface area (Å²) in [5.74, 6) is -1.15. The lowest BCUT2D eigenvalue weighted by atomic mass is 10.1. The number of likely N-dealkylation sites (N-methyl/N-ethyl adjacent to an activating group) is 1. The summed E-state index contributed by atoms with van der Waals surface area (Å²) in [5, 5.41) is 6.82. The molecule has 1 N–H and O–H groups in total. The summed E-state index contributed by atoms with van der Waals surface area (Å²) in [4.78, 5) is 28.3. The Morgan fingerprint density at radius 1 is 1.11 bits per heavy atom. The zero-order valence-corrected chi connectivity index (χ0v) is 16.6. The van der Waals surface area contributed by atoms with Crippen LogP contribution >= 0.6 is 0 Å². The number of rotatable bonds is 8. The summed E-state index contributed by atoms with van der Waals surface area (Å²) in [5.41, 5.74) is 3.07. The molecule has 0 saturated heterocycles. The lowest BCUT2D eigenvalue weighted by Gasteiger charge is -2.20. The smallest absolute Gasteiger partial charge is 0.311 e. The van der Waals surface area contributed by atoms with Crippen LogP contribution in [-0.4, -0.2) is 51.5 Å². The maximum atomic E-state index is 12.3. The van der Waals surface area contributed by atoms with Crippen molar-refractivity contribution in [3.8, 4) is 0 Å². The summed E-state index contributed by atoms with van der Waals surface area (Å²) in [6.07, 6.45) is 3.51. The molecule has 0 radical (unpaired) electrons. The van der Waals surface area contributed by atoms with Gasteiger partial charge in [0.1, 0.15) is 0 Å². The summed E-state index contributed by atoms with van der Waals surface area (Å²) in [6, 6.07) is 8.00. The third-order valence-electron chi connectivity index (χ3n) is 4.57. The van der Waals surface area contributed by atoms with Crippen LogP contribution in [0.1, 0.15) is 30.5 Å². The molecule has 0 unspecified atom stereocenters. The van der Waals surface area contributed by atoms with Crippen LogP contribution in [0.4, 0.5) is 0 Å². The molecule has 0 saturated carbocycles. The Balaban J connectivity index is 1.93. The van der Waals surface area contributed by atoms with Crippen molar-refractivity contribution in [2.75, 3.05) is 20.1 Å². The highest BCUT2D eigenvalue weighted by Gasteiger charge is 2.19.